The molecule has 2 unspecified atom stereocenters. The summed E-state index contributed by atoms with van der Waals surface area (Å²) in [6, 6.07) is -0.241. The Morgan fingerprint density at radius 3 is 2.50 bits per heavy atom. The zero-order chi connectivity index (χ0) is 14.0. The highest BCUT2D eigenvalue weighted by atomic mass is 16.5. The molecule has 0 bridgehead atoms. The zero-order valence-corrected chi connectivity index (χ0v) is 11.7. The zero-order valence-electron chi connectivity index (χ0n) is 11.7. The van der Waals surface area contributed by atoms with Gasteiger partial charge >= 0.3 is 0 Å². The summed E-state index contributed by atoms with van der Waals surface area (Å²) in [5.74, 6) is -0.381. The molecule has 0 aliphatic heterocycles. The molecule has 2 amide bonds. The van der Waals surface area contributed by atoms with Crippen molar-refractivity contribution in [2.24, 2.45) is 0 Å². The molecule has 0 heterocycles. The Bertz CT molecular complexity index is 259. The van der Waals surface area contributed by atoms with E-state index in [0.717, 1.165) is 6.42 Å². The van der Waals surface area contributed by atoms with Crippen molar-refractivity contribution in [3.8, 4) is 0 Å². The van der Waals surface area contributed by atoms with Crippen LogP contribution in [0.3, 0.4) is 0 Å². The molecule has 3 N–H and O–H groups in total. The molecule has 0 spiro atoms. The fourth-order valence-corrected chi connectivity index (χ4v) is 1.20. The van der Waals surface area contributed by atoms with Crippen LogP contribution < -0.4 is 16.0 Å². The minimum atomic E-state index is -0.534. The Morgan fingerprint density at radius 1 is 1.28 bits per heavy atom. The summed E-state index contributed by atoms with van der Waals surface area (Å²) in [7, 11) is 1.57. The van der Waals surface area contributed by atoms with Gasteiger partial charge in [-0.1, -0.05) is 6.92 Å². The fourth-order valence-electron chi connectivity index (χ4n) is 1.20. The van der Waals surface area contributed by atoms with Crippen molar-refractivity contribution < 1.29 is 14.3 Å². The van der Waals surface area contributed by atoms with Crippen LogP contribution in [0.1, 0.15) is 27.2 Å². The van der Waals surface area contributed by atoms with Crippen molar-refractivity contribution in [1.82, 2.24) is 16.0 Å². The molecule has 6 nitrogen and oxygen atoms in total. The van der Waals surface area contributed by atoms with E-state index < -0.39 is 6.04 Å². The van der Waals surface area contributed by atoms with E-state index in [2.05, 4.69) is 16.0 Å². The van der Waals surface area contributed by atoms with E-state index >= 15 is 0 Å². The molecular formula is C12H25N3O3. The van der Waals surface area contributed by atoms with E-state index in [0.29, 0.717) is 19.2 Å². The third-order valence-electron chi connectivity index (χ3n) is 2.60. The summed E-state index contributed by atoms with van der Waals surface area (Å²) in [5, 5.41) is 8.36. The summed E-state index contributed by atoms with van der Waals surface area (Å²) in [6.45, 7) is 6.84. The van der Waals surface area contributed by atoms with Crippen LogP contribution in [-0.4, -0.2) is 50.7 Å². The molecule has 0 saturated heterocycles. The van der Waals surface area contributed by atoms with E-state index in [-0.39, 0.29) is 18.4 Å². The first-order chi connectivity index (χ1) is 8.51. The summed E-state index contributed by atoms with van der Waals surface area (Å²) in [6.07, 6.45) is 0.959. The quantitative estimate of drug-likeness (QED) is 0.494. The van der Waals surface area contributed by atoms with Gasteiger partial charge in [-0.15, -0.1) is 0 Å². The lowest BCUT2D eigenvalue weighted by Crippen LogP contribution is -2.48. The molecule has 0 aromatic rings. The number of carbonyl (C=O) groups excluding carboxylic acids is 2. The predicted octanol–water partition coefficient (Wildman–Crippen LogP) is -0.358. The van der Waals surface area contributed by atoms with E-state index in [1.54, 1.807) is 14.0 Å². The number of ether oxygens (including phenoxy) is 1. The Morgan fingerprint density at radius 2 is 1.94 bits per heavy atom. The van der Waals surface area contributed by atoms with Crippen LogP contribution in [0.5, 0.6) is 0 Å². The second kappa shape index (κ2) is 9.85. The Kier molecular flexibility index (Phi) is 9.22. The standard InChI is InChI=1S/C12H25N3O3/c1-5-9(2)14-8-11(16)15-10(3)12(17)13-6-7-18-4/h9-10,14H,5-8H2,1-4H3,(H,13,17)(H,15,16). The molecule has 0 aromatic heterocycles. The van der Waals surface area contributed by atoms with Crippen LogP contribution >= 0.6 is 0 Å². The maximum atomic E-state index is 11.5. The average Bonchev–Trinajstić information content (AvgIpc) is 2.35. The van der Waals surface area contributed by atoms with Gasteiger partial charge in [0.05, 0.1) is 13.2 Å². The van der Waals surface area contributed by atoms with E-state index in [1.165, 1.54) is 0 Å². The molecule has 0 aromatic carbocycles. The SMILES string of the molecule is CCC(C)NCC(=O)NC(C)C(=O)NCCOC. The van der Waals surface area contributed by atoms with E-state index in [1.807, 2.05) is 13.8 Å². The number of methoxy groups -OCH3 is 1. The Balaban J connectivity index is 3.81. The summed E-state index contributed by atoms with van der Waals surface area (Å²) >= 11 is 0. The number of amides is 2. The third kappa shape index (κ3) is 8.03. The van der Waals surface area contributed by atoms with Gasteiger partial charge in [-0.25, -0.2) is 0 Å². The number of hydrogen-bond acceptors (Lipinski definition) is 4. The molecular weight excluding hydrogens is 234 g/mol. The largest absolute Gasteiger partial charge is 0.383 e. The number of nitrogens with one attached hydrogen (secondary N) is 3. The molecule has 0 rings (SSSR count). The summed E-state index contributed by atoms with van der Waals surface area (Å²) in [5.41, 5.74) is 0. The molecule has 0 aliphatic rings. The number of carbonyl (C=O) groups is 2. The van der Waals surface area contributed by atoms with Gasteiger partial charge in [0, 0.05) is 19.7 Å². The minimum Gasteiger partial charge on any atom is -0.383 e. The normalized spacial score (nSPS) is 13.8. The van der Waals surface area contributed by atoms with Crippen molar-refractivity contribution >= 4 is 11.8 Å². The summed E-state index contributed by atoms with van der Waals surface area (Å²) in [4.78, 5) is 23.1. The van der Waals surface area contributed by atoms with Crippen LogP contribution in [0.15, 0.2) is 0 Å². The second-order valence-corrected chi connectivity index (χ2v) is 4.26. The molecule has 0 radical (unpaired) electrons. The van der Waals surface area contributed by atoms with E-state index in [4.69, 9.17) is 4.74 Å². The Hall–Kier alpha value is -1.14. The molecule has 2 atom stereocenters. The van der Waals surface area contributed by atoms with Crippen LogP contribution in [0.4, 0.5) is 0 Å². The van der Waals surface area contributed by atoms with Gasteiger partial charge in [0.25, 0.3) is 0 Å². The van der Waals surface area contributed by atoms with Gasteiger partial charge in [-0.05, 0) is 20.3 Å². The van der Waals surface area contributed by atoms with Crippen LogP contribution in [0.2, 0.25) is 0 Å². The van der Waals surface area contributed by atoms with Gasteiger partial charge in [0.15, 0.2) is 0 Å². The van der Waals surface area contributed by atoms with Gasteiger partial charge in [0.1, 0.15) is 6.04 Å². The van der Waals surface area contributed by atoms with Crippen molar-refractivity contribution in [3.63, 3.8) is 0 Å². The number of hydrogen-bond donors (Lipinski definition) is 3. The maximum Gasteiger partial charge on any atom is 0.242 e. The topological polar surface area (TPSA) is 79.5 Å². The van der Waals surface area contributed by atoms with Gasteiger partial charge in [-0.2, -0.15) is 0 Å². The van der Waals surface area contributed by atoms with Gasteiger partial charge in [0.2, 0.25) is 11.8 Å². The van der Waals surface area contributed by atoms with Crippen molar-refractivity contribution in [2.75, 3.05) is 26.8 Å². The molecule has 6 heteroatoms. The van der Waals surface area contributed by atoms with Crippen molar-refractivity contribution in [3.05, 3.63) is 0 Å². The summed E-state index contributed by atoms with van der Waals surface area (Å²) < 4.78 is 4.82. The highest BCUT2D eigenvalue weighted by molar-refractivity contribution is 5.87. The molecule has 0 aliphatic carbocycles. The minimum absolute atomic E-state index is 0.176. The van der Waals surface area contributed by atoms with Crippen molar-refractivity contribution in [1.29, 1.82) is 0 Å². The number of rotatable bonds is 9. The van der Waals surface area contributed by atoms with Crippen LogP contribution in [0.25, 0.3) is 0 Å². The maximum absolute atomic E-state index is 11.5. The lowest BCUT2D eigenvalue weighted by molar-refractivity contribution is -0.128. The monoisotopic (exact) mass is 259 g/mol. The first-order valence-electron chi connectivity index (χ1n) is 6.30. The van der Waals surface area contributed by atoms with Crippen molar-refractivity contribution in [2.45, 2.75) is 39.3 Å². The fraction of sp³-hybridized carbons (Fsp3) is 0.833. The smallest absolute Gasteiger partial charge is 0.242 e. The molecule has 0 saturated carbocycles. The molecule has 106 valence electrons. The van der Waals surface area contributed by atoms with E-state index in [9.17, 15) is 9.59 Å². The molecule has 0 fully saturated rings. The lowest BCUT2D eigenvalue weighted by Gasteiger charge is -2.15. The molecule has 18 heavy (non-hydrogen) atoms. The van der Waals surface area contributed by atoms with Crippen LogP contribution in [-0.2, 0) is 14.3 Å². The predicted molar refractivity (Wildman–Crippen MR) is 70.2 cm³/mol. The first kappa shape index (κ1) is 16.9. The van der Waals surface area contributed by atoms with Crippen LogP contribution in [0, 0.1) is 0 Å². The third-order valence-corrected chi connectivity index (χ3v) is 2.60. The second-order valence-electron chi connectivity index (χ2n) is 4.26. The highest BCUT2D eigenvalue weighted by Crippen LogP contribution is 1.87. The Labute approximate surface area is 109 Å². The first-order valence-corrected chi connectivity index (χ1v) is 6.30. The average molecular weight is 259 g/mol. The van der Waals surface area contributed by atoms with Gasteiger partial charge in [-0.3, -0.25) is 9.59 Å². The lowest BCUT2D eigenvalue weighted by atomic mass is 10.2. The van der Waals surface area contributed by atoms with Gasteiger partial charge < -0.3 is 20.7 Å². The highest BCUT2D eigenvalue weighted by Gasteiger charge is 2.14.